The average molecular weight is 401 g/mol. The summed E-state index contributed by atoms with van der Waals surface area (Å²) >= 11 is 0. The number of nitrogens with zero attached hydrogens (tertiary/aromatic N) is 4. The van der Waals surface area contributed by atoms with Gasteiger partial charge in [0.15, 0.2) is 0 Å². The van der Waals surface area contributed by atoms with Gasteiger partial charge in [0.2, 0.25) is 5.95 Å². The van der Waals surface area contributed by atoms with Crippen LogP contribution in [0.15, 0.2) is 55.0 Å². The van der Waals surface area contributed by atoms with Crippen LogP contribution in [0.25, 0.3) is 11.3 Å². The summed E-state index contributed by atoms with van der Waals surface area (Å²) in [5.74, 6) is 0.507. The second kappa shape index (κ2) is 7.57. The van der Waals surface area contributed by atoms with Gasteiger partial charge in [0, 0.05) is 44.1 Å². The smallest absolute Gasteiger partial charge is 0.339 e. The Kier molecular flexibility index (Phi) is 4.96. The van der Waals surface area contributed by atoms with E-state index < -0.39 is 11.7 Å². The largest absolute Gasteiger partial charge is 0.416 e. The van der Waals surface area contributed by atoms with Crippen LogP contribution in [0, 0.1) is 0 Å². The molecule has 0 saturated carbocycles. The van der Waals surface area contributed by atoms with Crippen LogP contribution in [-0.2, 0) is 6.18 Å². The SMILES string of the molecule is O=C(c1cccnc1)N1CCN(c2ncc(-c3cccc(C(F)(F)F)c3)[nH]2)CC1. The van der Waals surface area contributed by atoms with Crippen molar-refractivity contribution < 1.29 is 18.0 Å². The summed E-state index contributed by atoms with van der Waals surface area (Å²) in [6, 6.07) is 8.58. The topological polar surface area (TPSA) is 65.1 Å². The lowest BCUT2D eigenvalue weighted by atomic mass is 10.1. The Labute approximate surface area is 165 Å². The van der Waals surface area contributed by atoms with Crippen molar-refractivity contribution in [1.29, 1.82) is 0 Å². The summed E-state index contributed by atoms with van der Waals surface area (Å²) in [5.41, 5.74) is 0.781. The zero-order valence-electron chi connectivity index (χ0n) is 15.4. The van der Waals surface area contributed by atoms with Gasteiger partial charge in [-0.25, -0.2) is 4.98 Å². The Morgan fingerprint density at radius 3 is 2.52 bits per heavy atom. The molecule has 4 rings (SSSR count). The monoisotopic (exact) mass is 401 g/mol. The van der Waals surface area contributed by atoms with Crippen LogP contribution in [-0.4, -0.2) is 51.9 Å². The number of pyridine rings is 1. The predicted octanol–water partition coefficient (Wildman–Crippen LogP) is 3.45. The van der Waals surface area contributed by atoms with Crippen LogP contribution in [0.5, 0.6) is 0 Å². The highest BCUT2D eigenvalue weighted by Gasteiger charge is 2.30. The summed E-state index contributed by atoms with van der Waals surface area (Å²) in [7, 11) is 0. The molecule has 1 saturated heterocycles. The molecule has 1 N–H and O–H groups in total. The molecule has 2 aromatic heterocycles. The highest BCUT2D eigenvalue weighted by atomic mass is 19.4. The van der Waals surface area contributed by atoms with Crippen molar-refractivity contribution in [2.24, 2.45) is 0 Å². The summed E-state index contributed by atoms with van der Waals surface area (Å²) < 4.78 is 38.8. The number of rotatable bonds is 3. The number of imidazole rings is 1. The maximum Gasteiger partial charge on any atom is 0.416 e. The van der Waals surface area contributed by atoms with Crippen molar-refractivity contribution in [3.63, 3.8) is 0 Å². The Morgan fingerprint density at radius 1 is 1.03 bits per heavy atom. The number of alkyl halides is 3. The highest BCUT2D eigenvalue weighted by Crippen LogP contribution is 2.32. The lowest BCUT2D eigenvalue weighted by Crippen LogP contribution is -2.49. The molecule has 0 atom stereocenters. The lowest BCUT2D eigenvalue weighted by Gasteiger charge is -2.34. The lowest BCUT2D eigenvalue weighted by molar-refractivity contribution is -0.137. The van der Waals surface area contributed by atoms with Gasteiger partial charge in [0.25, 0.3) is 5.91 Å². The van der Waals surface area contributed by atoms with Crippen LogP contribution in [0.2, 0.25) is 0 Å². The third-order valence-corrected chi connectivity index (χ3v) is 4.84. The molecule has 0 radical (unpaired) electrons. The Morgan fingerprint density at radius 2 is 1.83 bits per heavy atom. The fraction of sp³-hybridized carbons (Fsp3) is 0.250. The third kappa shape index (κ3) is 4.08. The van der Waals surface area contributed by atoms with Crippen LogP contribution < -0.4 is 4.90 Å². The molecule has 0 bridgehead atoms. The Hall–Kier alpha value is -3.36. The van der Waals surface area contributed by atoms with Gasteiger partial charge < -0.3 is 14.8 Å². The number of nitrogens with one attached hydrogen (secondary N) is 1. The van der Waals surface area contributed by atoms with Gasteiger partial charge in [0.05, 0.1) is 23.0 Å². The second-order valence-electron chi connectivity index (χ2n) is 6.72. The first-order valence-electron chi connectivity index (χ1n) is 9.09. The number of benzene rings is 1. The van der Waals surface area contributed by atoms with Gasteiger partial charge >= 0.3 is 6.18 Å². The molecular formula is C20H18F3N5O. The van der Waals surface area contributed by atoms with Crippen molar-refractivity contribution in [2.75, 3.05) is 31.1 Å². The molecular weight excluding hydrogens is 383 g/mol. The van der Waals surface area contributed by atoms with Crippen molar-refractivity contribution >= 4 is 11.9 Å². The van der Waals surface area contributed by atoms with E-state index in [1.54, 1.807) is 35.5 Å². The standard InChI is InChI=1S/C20H18F3N5O/c21-20(22,23)16-5-1-3-14(11-16)17-13-25-19(26-17)28-9-7-27(8-10-28)18(29)15-4-2-6-24-12-15/h1-6,11-13H,7-10H2,(H,25,26). The summed E-state index contributed by atoms with van der Waals surface area (Å²) in [6.45, 7) is 2.18. The minimum atomic E-state index is -4.39. The van der Waals surface area contributed by atoms with E-state index >= 15 is 0 Å². The molecule has 150 valence electrons. The van der Waals surface area contributed by atoms with E-state index in [1.807, 2.05) is 4.90 Å². The van der Waals surface area contributed by atoms with E-state index in [2.05, 4.69) is 15.0 Å². The minimum Gasteiger partial charge on any atom is -0.339 e. The number of halogens is 3. The number of amides is 1. The molecule has 0 spiro atoms. The summed E-state index contributed by atoms with van der Waals surface area (Å²) in [5, 5.41) is 0. The van der Waals surface area contributed by atoms with Crippen molar-refractivity contribution in [2.45, 2.75) is 6.18 Å². The fourth-order valence-electron chi connectivity index (χ4n) is 3.27. The first kappa shape index (κ1) is 19.0. The first-order valence-corrected chi connectivity index (χ1v) is 9.09. The van der Waals surface area contributed by atoms with Crippen LogP contribution in [0.3, 0.4) is 0 Å². The van der Waals surface area contributed by atoms with Crippen molar-refractivity contribution in [1.82, 2.24) is 19.9 Å². The van der Waals surface area contributed by atoms with Gasteiger partial charge in [0.1, 0.15) is 0 Å². The van der Waals surface area contributed by atoms with E-state index in [9.17, 15) is 18.0 Å². The molecule has 3 aromatic rings. The number of anilines is 1. The van der Waals surface area contributed by atoms with Crippen molar-refractivity contribution in [3.05, 3.63) is 66.1 Å². The highest BCUT2D eigenvalue weighted by molar-refractivity contribution is 5.94. The quantitative estimate of drug-likeness (QED) is 0.730. The maximum atomic E-state index is 12.9. The molecule has 1 aliphatic rings. The molecule has 1 fully saturated rings. The van der Waals surface area contributed by atoms with Crippen LogP contribution in [0.4, 0.5) is 19.1 Å². The van der Waals surface area contributed by atoms with E-state index in [0.29, 0.717) is 48.9 Å². The van der Waals surface area contributed by atoms with Crippen molar-refractivity contribution in [3.8, 4) is 11.3 Å². The molecule has 0 unspecified atom stereocenters. The molecule has 1 aliphatic heterocycles. The van der Waals surface area contributed by atoms with E-state index in [1.165, 1.54) is 12.3 Å². The number of carbonyl (C=O) groups excluding carboxylic acids is 1. The molecule has 1 amide bonds. The molecule has 0 aliphatic carbocycles. The van der Waals surface area contributed by atoms with Gasteiger partial charge in [-0.05, 0) is 24.3 Å². The van der Waals surface area contributed by atoms with E-state index in [0.717, 1.165) is 12.1 Å². The normalized spacial score (nSPS) is 14.9. The summed E-state index contributed by atoms with van der Waals surface area (Å²) in [4.78, 5) is 27.6. The molecule has 9 heteroatoms. The van der Waals surface area contributed by atoms with Gasteiger partial charge in [-0.2, -0.15) is 13.2 Å². The molecule has 6 nitrogen and oxygen atoms in total. The fourth-order valence-corrected chi connectivity index (χ4v) is 3.27. The zero-order chi connectivity index (χ0) is 20.4. The van der Waals surface area contributed by atoms with Gasteiger partial charge in [-0.1, -0.05) is 12.1 Å². The molecule has 3 heterocycles. The second-order valence-corrected chi connectivity index (χ2v) is 6.72. The van der Waals surface area contributed by atoms with Crippen LogP contribution in [0.1, 0.15) is 15.9 Å². The zero-order valence-corrected chi connectivity index (χ0v) is 15.4. The first-order chi connectivity index (χ1) is 13.9. The number of piperazine rings is 1. The van der Waals surface area contributed by atoms with E-state index in [4.69, 9.17) is 0 Å². The minimum absolute atomic E-state index is 0.0677. The Bertz CT molecular complexity index is 995. The number of H-pyrrole nitrogens is 1. The van der Waals surface area contributed by atoms with Gasteiger partial charge in [-0.3, -0.25) is 9.78 Å². The summed E-state index contributed by atoms with van der Waals surface area (Å²) in [6.07, 6.45) is 0.296. The molecule has 29 heavy (non-hydrogen) atoms. The number of hydrogen-bond donors (Lipinski definition) is 1. The van der Waals surface area contributed by atoms with Crippen LogP contribution >= 0.6 is 0 Å². The van der Waals surface area contributed by atoms with Gasteiger partial charge in [-0.15, -0.1) is 0 Å². The number of carbonyl (C=O) groups is 1. The Balaban J connectivity index is 1.43. The third-order valence-electron chi connectivity index (χ3n) is 4.84. The number of aromatic nitrogens is 3. The predicted molar refractivity (Wildman–Crippen MR) is 101 cm³/mol. The molecule has 1 aromatic carbocycles. The average Bonchev–Trinajstić information content (AvgIpc) is 3.24. The number of hydrogen-bond acceptors (Lipinski definition) is 4. The number of aromatic amines is 1. The van der Waals surface area contributed by atoms with E-state index in [-0.39, 0.29) is 5.91 Å². The maximum absolute atomic E-state index is 12.9.